The number of para-hydroxylation sites is 1. The van der Waals surface area contributed by atoms with E-state index in [9.17, 15) is 19.8 Å². The Labute approximate surface area is 240 Å². The van der Waals surface area contributed by atoms with Gasteiger partial charge in [0.1, 0.15) is 12.5 Å². The van der Waals surface area contributed by atoms with Crippen LogP contribution in [0.1, 0.15) is 19.5 Å². The number of hydrogen-bond donors (Lipinski definition) is 2. The minimum atomic E-state index is -1.33. The van der Waals surface area contributed by atoms with Crippen LogP contribution in [0.2, 0.25) is 0 Å². The number of aromatic nitrogens is 1. The molecule has 0 unspecified atom stereocenters. The molecule has 5 rings (SSSR count). The van der Waals surface area contributed by atoms with Crippen molar-refractivity contribution >= 4 is 40.1 Å². The Balaban J connectivity index is 0.00000304. The minimum absolute atomic E-state index is 0. The van der Waals surface area contributed by atoms with Gasteiger partial charge in [-0.05, 0) is 19.1 Å². The number of carbonyl (C=O) groups excluding carboxylic acids is 2. The summed E-state index contributed by atoms with van der Waals surface area (Å²) >= 11 is 3.09. The van der Waals surface area contributed by atoms with Crippen LogP contribution in [0.25, 0.3) is 0 Å². The van der Waals surface area contributed by atoms with Gasteiger partial charge in [0.05, 0.1) is 35.4 Å². The number of fused-ring (bicyclic) bond motifs is 1. The molecule has 0 aliphatic carbocycles. The van der Waals surface area contributed by atoms with Crippen LogP contribution in [0.5, 0.6) is 5.75 Å². The van der Waals surface area contributed by atoms with Gasteiger partial charge in [0.25, 0.3) is 0 Å². The van der Waals surface area contributed by atoms with Gasteiger partial charge < -0.3 is 29.5 Å². The molecular weight excluding hydrogens is 511 g/mol. The molecule has 0 saturated carbocycles. The number of aliphatic hydroxyl groups excluding tert-OH is 1. The second-order valence-electron chi connectivity index (χ2n) is 9.05. The Hall–Kier alpha value is -1.60. The SMILES string of the molecule is C[C@@H](O)[C@H]1C(=O)N2C(C(=O)[O-])=C(SC3CN(c4nc(CNCOc5ccccc5)cs4)C3)[C@H](C)[C@H]12.[Na+]. The van der Waals surface area contributed by atoms with E-state index in [1.54, 1.807) is 18.3 Å². The maximum Gasteiger partial charge on any atom is 1.00 e. The number of aliphatic carboxylic acids is 1. The number of benzene rings is 1. The zero-order chi connectivity index (χ0) is 24.7. The zero-order valence-corrected chi connectivity index (χ0v) is 24.1. The van der Waals surface area contributed by atoms with E-state index in [4.69, 9.17) is 9.72 Å². The van der Waals surface area contributed by atoms with Crippen molar-refractivity contribution in [3.8, 4) is 5.75 Å². The summed E-state index contributed by atoms with van der Waals surface area (Å²) in [4.78, 5) is 33.2. The van der Waals surface area contributed by atoms with E-state index >= 15 is 0 Å². The van der Waals surface area contributed by atoms with Crippen molar-refractivity contribution < 1.29 is 54.1 Å². The summed E-state index contributed by atoms with van der Waals surface area (Å²) in [6, 6.07) is 9.30. The Morgan fingerprint density at radius 2 is 2.08 bits per heavy atom. The van der Waals surface area contributed by atoms with E-state index in [1.165, 1.54) is 16.7 Å². The van der Waals surface area contributed by atoms with Crippen LogP contribution in [0, 0.1) is 11.8 Å². The third-order valence-corrected chi connectivity index (χ3v) is 9.04. The second-order valence-corrected chi connectivity index (χ2v) is 11.2. The van der Waals surface area contributed by atoms with E-state index in [0.29, 0.717) is 18.2 Å². The van der Waals surface area contributed by atoms with Crippen LogP contribution in [0.15, 0.2) is 46.3 Å². The molecule has 2 aromatic rings. The minimum Gasteiger partial charge on any atom is -0.543 e. The van der Waals surface area contributed by atoms with Gasteiger partial charge in [0.15, 0.2) is 5.13 Å². The summed E-state index contributed by atoms with van der Waals surface area (Å²) in [5.74, 6) is -1.55. The van der Waals surface area contributed by atoms with Crippen LogP contribution in [-0.4, -0.2) is 64.1 Å². The third-order valence-electron chi connectivity index (χ3n) is 6.64. The zero-order valence-electron chi connectivity index (χ0n) is 20.4. The number of hydrogen-bond acceptors (Lipinski definition) is 10. The number of amides is 1. The van der Waals surface area contributed by atoms with E-state index in [-0.39, 0.29) is 58.4 Å². The molecule has 1 aromatic carbocycles. The Kier molecular flexibility index (Phi) is 8.71. The molecule has 4 atom stereocenters. The number of ether oxygens (including phenoxy) is 1. The standard InChI is InChI=1S/C24H28N4O5S2.Na/c1-13-19-18(14(2)29)22(30)28(19)20(23(31)32)21(13)35-17-9-27(10-17)24-26-15(11-34-24)8-25-12-33-16-6-4-3-5-7-16;/h3-7,11,13-14,17-19,25,29H,8-10,12H2,1-2H3,(H,31,32);/q;+1/p-1/t13-,14-,18-,19-;/m1./s1. The maximum absolute atomic E-state index is 12.5. The summed E-state index contributed by atoms with van der Waals surface area (Å²) in [5, 5.41) is 28.2. The molecule has 2 N–H and O–H groups in total. The first kappa shape index (κ1) is 27.4. The third kappa shape index (κ3) is 5.20. The molecule has 186 valence electrons. The molecule has 1 amide bonds. The fourth-order valence-corrected chi connectivity index (χ4v) is 7.23. The monoisotopic (exact) mass is 538 g/mol. The van der Waals surface area contributed by atoms with Gasteiger partial charge in [-0.25, -0.2) is 4.98 Å². The van der Waals surface area contributed by atoms with Gasteiger partial charge in [0.2, 0.25) is 5.91 Å². The fraction of sp³-hybridized carbons (Fsp3) is 0.458. The van der Waals surface area contributed by atoms with Gasteiger partial charge in [-0.3, -0.25) is 10.1 Å². The van der Waals surface area contributed by atoms with Crippen LogP contribution >= 0.6 is 23.1 Å². The van der Waals surface area contributed by atoms with E-state index in [0.717, 1.165) is 29.7 Å². The number of nitrogens with one attached hydrogen (secondary N) is 1. The normalized spacial score (nSPS) is 24.1. The number of β-lactam (4-membered cyclic amide) rings is 1. The summed E-state index contributed by atoms with van der Waals surface area (Å²) < 4.78 is 5.63. The quantitative estimate of drug-likeness (QED) is 0.154. The molecule has 9 nitrogen and oxygen atoms in total. The van der Waals surface area contributed by atoms with Crippen LogP contribution in [-0.2, 0) is 16.1 Å². The van der Waals surface area contributed by atoms with Crippen molar-refractivity contribution in [1.82, 2.24) is 15.2 Å². The number of carboxylic acid groups (broad SMARTS) is 1. The number of rotatable bonds is 10. The van der Waals surface area contributed by atoms with Crippen molar-refractivity contribution in [3.05, 3.63) is 52.0 Å². The predicted octanol–water partition coefficient (Wildman–Crippen LogP) is -1.99. The molecule has 2 saturated heterocycles. The maximum atomic E-state index is 12.5. The molecule has 36 heavy (non-hydrogen) atoms. The van der Waals surface area contributed by atoms with Gasteiger partial charge >= 0.3 is 29.6 Å². The summed E-state index contributed by atoms with van der Waals surface area (Å²) in [6.45, 7) is 5.99. The fourth-order valence-electron chi connectivity index (χ4n) is 4.87. The second kappa shape index (κ2) is 11.4. The number of carboxylic acids is 1. The number of thiazole rings is 1. The number of anilines is 1. The number of nitrogens with zero attached hydrogens (tertiary/aromatic N) is 3. The summed E-state index contributed by atoms with van der Waals surface area (Å²) in [5.41, 5.74) is 0.921. The number of thioether (sulfide) groups is 1. The molecule has 0 spiro atoms. The van der Waals surface area contributed by atoms with Crippen LogP contribution < -0.4 is 49.6 Å². The molecule has 3 aliphatic heterocycles. The van der Waals surface area contributed by atoms with Gasteiger partial charge in [-0.1, -0.05) is 25.1 Å². The first-order valence-electron chi connectivity index (χ1n) is 11.6. The van der Waals surface area contributed by atoms with Gasteiger partial charge in [0, 0.05) is 41.1 Å². The van der Waals surface area contributed by atoms with E-state index in [2.05, 4.69) is 10.2 Å². The molecule has 0 bridgehead atoms. The number of aliphatic hydroxyl groups is 1. The van der Waals surface area contributed by atoms with Crippen LogP contribution in [0.3, 0.4) is 0 Å². The molecule has 3 aliphatic rings. The topological polar surface area (TPSA) is 118 Å². The van der Waals surface area contributed by atoms with Crippen molar-refractivity contribution in [1.29, 1.82) is 0 Å². The van der Waals surface area contributed by atoms with E-state index < -0.39 is 18.0 Å². The van der Waals surface area contributed by atoms with Crippen LogP contribution in [0.4, 0.5) is 5.13 Å². The predicted molar refractivity (Wildman–Crippen MR) is 131 cm³/mol. The first-order valence-corrected chi connectivity index (χ1v) is 13.3. The van der Waals surface area contributed by atoms with Gasteiger partial charge in [-0.15, -0.1) is 23.1 Å². The average Bonchev–Trinajstić information content (AvgIpc) is 3.35. The Morgan fingerprint density at radius 1 is 1.36 bits per heavy atom. The largest absolute Gasteiger partial charge is 1.00 e. The Morgan fingerprint density at radius 3 is 2.75 bits per heavy atom. The Bertz CT molecular complexity index is 1140. The van der Waals surface area contributed by atoms with Crippen molar-refractivity contribution in [2.75, 3.05) is 24.7 Å². The van der Waals surface area contributed by atoms with Crippen molar-refractivity contribution in [2.24, 2.45) is 11.8 Å². The first-order chi connectivity index (χ1) is 16.8. The van der Waals surface area contributed by atoms with Gasteiger partial charge in [-0.2, -0.15) is 0 Å². The molecule has 0 radical (unpaired) electrons. The van der Waals surface area contributed by atoms with Crippen molar-refractivity contribution in [2.45, 2.75) is 37.8 Å². The molecule has 1 aromatic heterocycles. The van der Waals surface area contributed by atoms with E-state index in [1.807, 2.05) is 42.6 Å². The molecule has 4 heterocycles. The van der Waals surface area contributed by atoms with Crippen molar-refractivity contribution in [3.63, 3.8) is 0 Å². The smallest absolute Gasteiger partial charge is 0.543 e. The molecule has 12 heteroatoms. The summed E-state index contributed by atoms with van der Waals surface area (Å²) in [6.07, 6.45) is -0.809. The average molecular weight is 539 g/mol. The molecule has 2 fully saturated rings. The summed E-state index contributed by atoms with van der Waals surface area (Å²) in [7, 11) is 0. The number of carbonyl (C=O) groups is 2. The molecular formula is C24H27N4NaO5S2.